The number of amides is 1. The van der Waals surface area contributed by atoms with Gasteiger partial charge in [0, 0.05) is 48.8 Å². The molecular formula is C29H33N3O3. The van der Waals surface area contributed by atoms with E-state index in [1.54, 1.807) is 0 Å². The Balaban J connectivity index is 1.25. The molecule has 182 valence electrons. The van der Waals surface area contributed by atoms with Crippen molar-refractivity contribution in [1.82, 2.24) is 14.8 Å². The standard InChI is InChI=1S/C29H33N3O3/c33-19-21-4-3-11-31(17-21)16-20-7-10-28-23(14-20)18-32(12-13-35-28)29(34)25-15-27(22-8-9-22)30-26-6-2-1-5-24(25)26/h1-2,5-7,10,14-15,21-22,33H,3-4,8-9,11-13,16-19H2/t21-/m1/s1. The molecule has 2 aliphatic heterocycles. The number of piperidine rings is 1. The van der Waals surface area contributed by atoms with Crippen LogP contribution in [-0.4, -0.2) is 58.6 Å². The Morgan fingerprint density at radius 2 is 1.97 bits per heavy atom. The second-order valence-corrected chi connectivity index (χ2v) is 10.3. The first kappa shape index (κ1) is 22.5. The molecule has 1 amide bonds. The lowest BCUT2D eigenvalue weighted by atomic mass is 9.98. The van der Waals surface area contributed by atoms with Crippen LogP contribution in [0, 0.1) is 5.92 Å². The highest BCUT2D eigenvalue weighted by atomic mass is 16.5. The van der Waals surface area contributed by atoms with Crippen LogP contribution in [0.3, 0.4) is 0 Å². The van der Waals surface area contributed by atoms with Gasteiger partial charge in [0.1, 0.15) is 12.4 Å². The van der Waals surface area contributed by atoms with Gasteiger partial charge in [0.25, 0.3) is 5.91 Å². The van der Waals surface area contributed by atoms with Gasteiger partial charge < -0.3 is 14.7 Å². The molecule has 1 aromatic heterocycles. The third-order valence-electron chi connectivity index (χ3n) is 7.62. The SMILES string of the molecule is O=C(c1cc(C2CC2)nc2ccccc12)N1CCOc2ccc(CN3CCC[C@@H](CO)C3)cc2C1. The third kappa shape index (κ3) is 4.78. The number of aliphatic hydroxyl groups is 1. The second kappa shape index (κ2) is 9.59. The molecule has 3 aromatic rings. The van der Waals surface area contributed by atoms with Crippen LogP contribution in [0.5, 0.6) is 5.75 Å². The van der Waals surface area contributed by atoms with Crippen LogP contribution in [0.15, 0.2) is 48.5 Å². The molecule has 0 bridgehead atoms. The summed E-state index contributed by atoms with van der Waals surface area (Å²) >= 11 is 0. The van der Waals surface area contributed by atoms with Crippen molar-refractivity contribution in [1.29, 1.82) is 0 Å². The van der Waals surface area contributed by atoms with E-state index in [0.717, 1.165) is 78.8 Å². The van der Waals surface area contributed by atoms with Crippen LogP contribution < -0.4 is 4.74 Å². The van der Waals surface area contributed by atoms with E-state index < -0.39 is 0 Å². The number of hydrogen-bond acceptors (Lipinski definition) is 5. The Bertz CT molecular complexity index is 1240. The quantitative estimate of drug-likeness (QED) is 0.599. The normalized spacial score (nSPS) is 20.8. The highest BCUT2D eigenvalue weighted by Gasteiger charge is 2.29. The summed E-state index contributed by atoms with van der Waals surface area (Å²) in [7, 11) is 0. The van der Waals surface area contributed by atoms with Gasteiger partial charge in [-0.3, -0.25) is 14.7 Å². The summed E-state index contributed by atoms with van der Waals surface area (Å²) < 4.78 is 6.05. The number of rotatable bonds is 5. The molecule has 1 aliphatic carbocycles. The number of para-hydroxylation sites is 1. The average Bonchev–Trinajstić information content (AvgIpc) is 3.75. The van der Waals surface area contributed by atoms with E-state index in [0.29, 0.717) is 31.5 Å². The van der Waals surface area contributed by atoms with E-state index in [-0.39, 0.29) is 12.5 Å². The van der Waals surface area contributed by atoms with Gasteiger partial charge in [-0.05, 0) is 68.0 Å². The van der Waals surface area contributed by atoms with Gasteiger partial charge in [0.2, 0.25) is 0 Å². The van der Waals surface area contributed by atoms with Crippen LogP contribution in [-0.2, 0) is 13.1 Å². The summed E-state index contributed by atoms with van der Waals surface area (Å²) in [5, 5.41) is 10.5. The predicted molar refractivity (Wildman–Crippen MR) is 135 cm³/mol. The first-order valence-corrected chi connectivity index (χ1v) is 12.9. The summed E-state index contributed by atoms with van der Waals surface area (Å²) in [6, 6.07) is 16.4. The lowest BCUT2D eigenvalue weighted by Gasteiger charge is -2.32. The fraction of sp³-hybridized carbons (Fsp3) is 0.448. The minimum Gasteiger partial charge on any atom is -0.491 e. The van der Waals surface area contributed by atoms with Crippen molar-refractivity contribution in [3.8, 4) is 5.75 Å². The molecule has 1 atom stereocenters. The minimum absolute atomic E-state index is 0.0502. The van der Waals surface area contributed by atoms with E-state index in [9.17, 15) is 9.90 Å². The van der Waals surface area contributed by atoms with E-state index >= 15 is 0 Å². The summed E-state index contributed by atoms with van der Waals surface area (Å²) in [6.07, 6.45) is 4.55. The zero-order chi connectivity index (χ0) is 23.8. The number of carbonyl (C=O) groups is 1. The van der Waals surface area contributed by atoms with E-state index in [4.69, 9.17) is 9.72 Å². The summed E-state index contributed by atoms with van der Waals surface area (Å²) in [6.45, 7) is 4.70. The van der Waals surface area contributed by atoms with E-state index in [2.05, 4.69) is 23.1 Å². The van der Waals surface area contributed by atoms with Crippen LogP contribution in [0.1, 0.15) is 58.8 Å². The lowest BCUT2D eigenvalue weighted by Crippen LogP contribution is -2.36. The topological polar surface area (TPSA) is 65.9 Å². The van der Waals surface area contributed by atoms with Crippen molar-refractivity contribution in [3.05, 3.63) is 70.9 Å². The highest BCUT2D eigenvalue weighted by molar-refractivity contribution is 6.06. The molecule has 6 nitrogen and oxygen atoms in total. The molecule has 3 aliphatic rings. The van der Waals surface area contributed by atoms with Crippen LogP contribution in [0.2, 0.25) is 0 Å². The van der Waals surface area contributed by atoms with E-state index in [1.807, 2.05) is 35.2 Å². The molecule has 0 radical (unpaired) electrons. The number of nitrogens with zero attached hydrogens (tertiary/aromatic N) is 3. The monoisotopic (exact) mass is 471 g/mol. The maximum Gasteiger partial charge on any atom is 0.255 e. The maximum atomic E-state index is 13.9. The molecule has 6 rings (SSSR count). The van der Waals surface area contributed by atoms with Crippen molar-refractivity contribution in [2.45, 2.75) is 44.7 Å². The fourth-order valence-electron chi connectivity index (χ4n) is 5.55. The molecule has 6 heteroatoms. The van der Waals surface area contributed by atoms with Gasteiger partial charge in [-0.25, -0.2) is 0 Å². The molecule has 1 saturated carbocycles. The van der Waals surface area contributed by atoms with Gasteiger partial charge in [0.15, 0.2) is 0 Å². The summed E-state index contributed by atoms with van der Waals surface area (Å²) in [5.41, 5.74) is 4.98. The Labute approximate surface area is 206 Å². The number of aliphatic hydroxyl groups excluding tert-OH is 1. The van der Waals surface area contributed by atoms with Crippen LogP contribution in [0.4, 0.5) is 0 Å². The van der Waals surface area contributed by atoms with Crippen molar-refractivity contribution in [3.63, 3.8) is 0 Å². The molecule has 1 saturated heterocycles. The first-order chi connectivity index (χ1) is 17.2. The minimum atomic E-state index is 0.0502. The predicted octanol–water partition coefficient (Wildman–Crippen LogP) is 4.35. The number of fused-ring (bicyclic) bond motifs is 2. The number of benzene rings is 2. The summed E-state index contributed by atoms with van der Waals surface area (Å²) in [5.74, 6) is 1.78. The number of ether oxygens (including phenoxy) is 1. The summed E-state index contributed by atoms with van der Waals surface area (Å²) in [4.78, 5) is 23.0. The van der Waals surface area contributed by atoms with Gasteiger partial charge in [-0.2, -0.15) is 0 Å². The average molecular weight is 472 g/mol. The fourth-order valence-corrected chi connectivity index (χ4v) is 5.55. The number of aromatic nitrogens is 1. The Morgan fingerprint density at radius 3 is 2.83 bits per heavy atom. The molecule has 35 heavy (non-hydrogen) atoms. The van der Waals surface area contributed by atoms with Crippen LogP contribution in [0.25, 0.3) is 10.9 Å². The van der Waals surface area contributed by atoms with Crippen molar-refractivity contribution in [2.75, 3.05) is 32.8 Å². The van der Waals surface area contributed by atoms with Crippen LogP contribution >= 0.6 is 0 Å². The molecule has 3 heterocycles. The third-order valence-corrected chi connectivity index (χ3v) is 7.62. The second-order valence-electron chi connectivity index (χ2n) is 10.3. The smallest absolute Gasteiger partial charge is 0.255 e. The number of likely N-dealkylation sites (tertiary alicyclic amines) is 1. The Morgan fingerprint density at radius 1 is 1.09 bits per heavy atom. The number of hydrogen-bond donors (Lipinski definition) is 1. The molecule has 0 spiro atoms. The molecule has 1 N–H and O–H groups in total. The molecule has 2 aromatic carbocycles. The largest absolute Gasteiger partial charge is 0.491 e. The Hall–Kier alpha value is -2.96. The maximum absolute atomic E-state index is 13.9. The molecular weight excluding hydrogens is 438 g/mol. The first-order valence-electron chi connectivity index (χ1n) is 12.9. The van der Waals surface area contributed by atoms with Gasteiger partial charge in [-0.15, -0.1) is 0 Å². The van der Waals surface area contributed by atoms with Gasteiger partial charge in [-0.1, -0.05) is 24.3 Å². The number of pyridine rings is 1. The molecule has 0 unspecified atom stereocenters. The molecule has 2 fully saturated rings. The Kier molecular flexibility index (Phi) is 6.17. The highest BCUT2D eigenvalue weighted by Crippen LogP contribution is 2.40. The van der Waals surface area contributed by atoms with Crippen molar-refractivity contribution in [2.24, 2.45) is 5.92 Å². The van der Waals surface area contributed by atoms with E-state index in [1.165, 1.54) is 5.56 Å². The van der Waals surface area contributed by atoms with Gasteiger partial charge in [0.05, 0.1) is 17.6 Å². The van der Waals surface area contributed by atoms with Crippen molar-refractivity contribution >= 4 is 16.8 Å². The number of carbonyl (C=O) groups excluding carboxylic acids is 1. The van der Waals surface area contributed by atoms with Crippen molar-refractivity contribution < 1.29 is 14.6 Å². The van der Waals surface area contributed by atoms with Gasteiger partial charge >= 0.3 is 0 Å². The lowest BCUT2D eigenvalue weighted by molar-refractivity contribution is 0.0735. The zero-order valence-corrected chi connectivity index (χ0v) is 20.2. The zero-order valence-electron chi connectivity index (χ0n) is 20.2.